The summed E-state index contributed by atoms with van der Waals surface area (Å²) in [7, 11) is 1.72. The molecule has 7 rings (SSSR count). The Morgan fingerprint density at radius 3 is 2.65 bits per heavy atom. The molecule has 14 heteroatoms. The molecule has 280 valence electrons. The van der Waals surface area contributed by atoms with Crippen LogP contribution in [0.4, 0.5) is 35.2 Å². The number of phenols is 1. The van der Waals surface area contributed by atoms with Crippen molar-refractivity contribution in [1.29, 1.82) is 0 Å². The van der Waals surface area contributed by atoms with E-state index in [0.29, 0.717) is 23.9 Å². The number of halogens is 3. The molecule has 1 saturated heterocycles. The zero-order valence-electron chi connectivity index (χ0n) is 29.9. The highest BCUT2D eigenvalue weighted by Gasteiger charge is 2.44. The Labute approximate surface area is 310 Å². The molecule has 2 aliphatic heterocycles. The van der Waals surface area contributed by atoms with Gasteiger partial charge in [-0.25, -0.2) is 18.0 Å². The zero-order chi connectivity index (χ0) is 38.4. The van der Waals surface area contributed by atoms with Crippen molar-refractivity contribution in [3.05, 3.63) is 84.1 Å². The van der Waals surface area contributed by atoms with E-state index in [4.69, 9.17) is 15.9 Å². The number of hydrogen-bond acceptors (Lipinski definition) is 9. The van der Waals surface area contributed by atoms with E-state index in [0.717, 1.165) is 12.8 Å². The van der Waals surface area contributed by atoms with Crippen molar-refractivity contribution >= 4 is 40.0 Å². The van der Waals surface area contributed by atoms with Gasteiger partial charge in [0, 0.05) is 43.7 Å². The van der Waals surface area contributed by atoms with Gasteiger partial charge in [-0.15, -0.1) is 6.42 Å². The number of carbonyl (C=O) groups excluding carboxylic acids is 2. The second-order valence-corrected chi connectivity index (χ2v) is 14.3. The lowest BCUT2D eigenvalue weighted by Gasteiger charge is -2.39. The number of anilines is 3. The molecule has 1 aromatic heterocycles. The van der Waals surface area contributed by atoms with Crippen LogP contribution in [-0.4, -0.2) is 76.0 Å². The fourth-order valence-electron chi connectivity index (χ4n) is 7.92. The summed E-state index contributed by atoms with van der Waals surface area (Å²) in [5.74, 6) is 0.969. The Morgan fingerprint density at radius 2 is 1.94 bits per heavy atom. The maximum absolute atomic E-state index is 15.0. The second kappa shape index (κ2) is 14.1. The van der Waals surface area contributed by atoms with Gasteiger partial charge in [0.2, 0.25) is 5.91 Å². The third-order valence-corrected chi connectivity index (χ3v) is 10.8. The third-order valence-electron chi connectivity index (χ3n) is 10.8. The van der Waals surface area contributed by atoms with Crippen molar-refractivity contribution in [2.24, 2.45) is 0 Å². The Kier molecular flexibility index (Phi) is 9.51. The number of rotatable bonds is 10. The van der Waals surface area contributed by atoms with Gasteiger partial charge in [0.25, 0.3) is 0 Å². The molecular weight excluding hydrogens is 701 g/mol. The Bertz CT molecular complexity index is 2190. The fraction of sp³-hybridized carbons (Fsp3) is 0.350. The standard InChI is InChI=1S/C40H39F3N6O5/c1-5-29-30(43)14-9-24-17-28(50)18-32(34(24)29)48-21-31-35(54-38(48)52)36(44-22-40(15-7-8-16-40)47(4)33(51)6-2)46-37(45-31)53-23-39(3)19-26(42)20-49(39)27-12-10-25(41)11-13-27/h1,6,9-14,17-18,26,50H,2,7-8,15-16,19-23H2,3-4H3,(H,44,45,46)/t26-,39+/m1/s1. The van der Waals surface area contributed by atoms with Crippen molar-refractivity contribution in [3.63, 3.8) is 0 Å². The highest BCUT2D eigenvalue weighted by atomic mass is 19.1. The van der Waals surface area contributed by atoms with Crippen molar-refractivity contribution in [3.8, 4) is 29.9 Å². The number of terminal acetylenes is 1. The molecule has 4 aromatic rings. The van der Waals surface area contributed by atoms with Gasteiger partial charge in [-0.3, -0.25) is 9.69 Å². The van der Waals surface area contributed by atoms with Crippen LogP contribution in [0.15, 0.2) is 61.2 Å². The van der Waals surface area contributed by atoms with E-state index in [1.807, 2.05) is 11.8 Å². The maximum Gasteiger partial charge on any atom is 0.420 e. The number of phenolic OH excluding ortho intramolecular Hbond substituents is 1. The number of alkyl halides is 1. The summed E-state index contributed by atoms with van der Waals surface area (Å²) < 4.78 is 55.8. The normalized spacial score (nSPS) is 20.3. The molecule has 3 aliphatic rings. The Balaban J connectivity index is 1.27. The van der Waals surface area contributed by atoms with E-state index in [1.165, 1.54) is 47.4 Å². The molecular formula is C40H39F3N6O5. The van der Waals surface area contributed by atoms with E-state index in [9.17, 15) is 27.9 Å². The third kappa shape index (κ3) is 6.59. The molecule has 0 bridgehead atoms. The molecule has 0 spiro atoms. The highest BCUT2D eigenvalue weighted by Crippen LogP contribution is 2.42. The fourth-order valence-corrected chi connectivity index (χ4v) is 7.92. The summed E-state index contributed by atoms with van der Waals surface area (Å²) in [4.78, 5) is 40.5. The number of carbonyl (C=O) groups is 2. The van der Waals surface area contributed by atoms with E-state index >= 15 is 0 Å². The van der Waals surface area contributed by atoms with Crippen molar-refractivity contribution < 1.29 is 37.3 Å². The molecule has 2 N–H and O–H groups in total. The molecule has 2 atom stereocenters. The van der Waals surface area contributed by atoms with Crippen LogP contribution in [0.25, 0.3) is 10.8 Å². The van der Waals surface area contributed by atoms with Gasteiger partial charge in [0.15, 0.2) is 11.6 Å². The first-order valence-corrected chi connectivity index (χ1v) is 17.6. The summed E-state index contributed by atoms with van der Waals surface area (Å²) in [6.45, 7) is 5.52. The molecule has 1 aliphatic carbocycles. The van der Waals surface area contributed by atoms with Crippen LogP contribution in [0.2, 0.25) is 0 Å². The first-order valence-electron chi connectivity index (χ1n) is 17.6. The van der Waals surface area contributed by atoms with E-state index in [1.54, 1.807) is 24.1 Å². The number of nitrogens with zero attached hydrogens (tertiary/aromatic N) is 5. The first-order chi connectivity index (χ1) is 25.8. The largest absolute Gasteiger partial charge is 0.508 e. The molecule has 3 heterocycles. The highest BCUT2D eigenvalue weighted by molar-refractivity contribution is 6.06. The van der Waals surface area contributed by atoms with Gasteiger partial charge >= 0.3 is 12.1 Å². The number of benzene rings is 3. The van der Waals surface area contributed by atoms with Gasteiger partial charge in [-0.05, 0) is 67.6 Å². The summed E-state index contributed by atoms with van der Waals surface area (Å²) >= 11 is 0. The predicted molar refractivity (Wildman–Crippen MR) is 198 cm³/mol. The molecule has 2 amide bonds. The molecule has 1 saturated carbocycles. The van der Waals surface area contributed by atoms with Crippen LogP contribution in [0.1, 0.15) is 50.3 Å². The van der Waals surface area contributed by atoms with Gasteiger partial charge in [0.1, 0.15) is 35.9 Å². The van der Waals surface area contributed by atoms with Gasteiger partial charge in [-0.1, -0.05) is 31.4 Å². The topological polar surface area (TPSA) is 120 Å². The number of aromatic hydroxyl groups is 1. The lowest BCUT2D eigenvalue weighted by Crippen LogP contribution is -2.51. The summed E-state index contributed by atoms with van der Waals surface area (Å²) in [6, 6.07) is 11.0. The lowest BCUT2D eigenvalue weighted by atomic mass is 9.95. The Morgan fingerprint density at radius 1 is 1.20 bits per heavy atom. The van der Waals surface area contributed by atoms with E-state index < -0.39 is 35.0 Å². The van der Waals surface area contributed by atoms with Gasteiger partial charge in [-0.2, -0.15) is 9.97 Å². The predicted octanol–water partition coefficient (Wildman–Crippen LogP) is 6.87. The smallest absolute Gasteiger partial charge is 0.420 e. The SMILES string of the molecule is C#Cc1c(F)ccc2cc(O)cc(N3Cc4nc(OC[C@]5(C)C[C@@H](F)CN5c5ccc(F)cc5)nc(NCC5(N(C)C(=O)C=C)CCCC5)c4OC3=O)c12. The van der Waals surface area contributed by atoms with Crippen LogP contribution in [0.3, 0.4) is 0 Å². The van der Waals surface area contributed by atoms with Crippen molar-refractivity contribution in [1.82, 2.24) is 14.9 Å². The monoisotopic (exact) mass is 740 g/mol. The molecule has 3 aromatic carbocycles. The van der Waals surface area contributed by atoms with E-state index in [2.05, 4.69) is 27.8 Å². The summed E-state index contributed by atoms with van der Waals surface area (Å²) in [6.07, 6.45) is 8.26. The average molecular weight is 741 g/mol. The quantitative estimate of drug-likeness (QED) is 0.133. The lowest BCUT2D eigenvalue weighted by molar-refractivity contribution is -0.129. The van der Waals surface area contributed by atoms with Crippen LogP contribution in [-0.2, 0) is 11.3 Å². The molecule has 0 unspecified atom stereocenters. The minimum Gasteiger partial charge on any atom is -0.508 e. The van der Waals surface area contributed by atoms with Crippen molar-refractivity contribution in [2.45, 2.75) is 62.8 Å². The number of fused-ring (bicyclic) bond motifs is 2. The van der Waals surface area contributed by atoms with Gasteiger partial charge in [0.05, 0.1) is 28.9 Å². The second-order valence-electron chi connectivity index (χ2n) is 14.3. The molecule has 0 radical (unpaired) electrons. The molecule has 2 fully saturated rings. The Hall–Kier alpha value is -5.97. The van der Waals surface area contributed by atoms with Crippen LogP contribution < -0.4 is 24.6 Å². The van der Waals surface area contributed by atoms with Crippen LogP contribution in [0, 0.1) is 24.0 Å². The number of aromatic nitrogens is 2. The summed E-state index contributed by atoms with van der Waals surface area (Å²) in [5, 5.41) is 14.5. The first kappa shape index (κ1) is 36.4. The number of nitrogens with one attached hydrogen (secondary N) is 1. The maximum atomic E-state index is 15.0. The number of ether oxygens (including phenoxy) is 2. The summed E-state index contributed by atoms with van der Waals surface area (Å²) in [5.41, 5.74) is -0.629. The van der Waals surface area contributed by atoms with Crippen LogP contribution >= 0.6 is 0 Å². The molecule has 11 nitrogen and oxygen atoms in total. The van der Waals surface area contributed by atoms with Crippen molar-refractivity contribution in [2.75, 3.05) is 41.9 Å². The van der Waals surface area contributed by atoms with Gasteiger partial charge < -0.3 is 29.7 Å². The number of amides is 2. The number of hydrogen-bond donors (Lipinski definition) is 2. The minimum absolute atomic E-state index is 0.0195. The molecule has 54 heavy (non-hydrogen) atoms. The average Bonchev–Trinajstić information content (AvgIpc) is 3.76. The van der Waals surface area contributed by atoms with Crippen LogP contribution in [0.5, 0.6) is 17.5 Å². The zero-order valence-corrected chi connectivity index (χ0v) is 29.9. The van der Waals surface area contributed by atoms with E-state index in [-0.39, 0.29) is 84.2 Å². The number of likely N-dealkylation sites (N-methyl/N-ethyl adjacent to an activating group) is 1. The minimum atomic E-state index is -1.17.